The molecule has 0 saturated carbocycles. The third-order valence-electron chi connectivity index (χ3n) is 14.0. The molecule has 2 aliphatic heterocycles. The Kier molecular flexibility index (Phi) is 21.2. The van der Waals surface area contributed by atoms with Crippen LogP contribution in [0.5, 0.6) is 0 Å². The van der Waals surface area contributed by atoms with Crippen LogP contribution in [0.1, 0.15) is 64.2 Å². The molecule has 8 amide bonds. The number of benzene rings is 3. The van der Waals surface area contributed by atoms with E-state index in [0.29, 0.717) is 5.56 Å². The van der Waals surface area contributed by atoms with Gasteiger partial charge in [0.25, 0.3) is 0 Å². The van der Waals surface area contributed by atoms with Crippen molar-refractivity contribution in [1.29, 1.82) is 0 Å². The number of carbonyl (C=O) groups excluding carboxylic acids is 10. The molecule has 2 bridgehead atoms. The van der Waals surface area contributed by atoms with Gasteiger partial charge in [0.1, 0.15) is 74.8 Å². The molecule has 24 heteroatoms. The summed E-state index contributed by atoms with van der Waals surface area (Å²) in [5.74, 6) is -8.77. The smallest absolute Gasteiger partial charge is 0.408 e. The van der Waals surface area contributed by atoms with Crippen molar-refractivity contribution in [2.45, 2.75) is 102 Å². The number of ether oxygens (including phenoxy) is 4. The molecule has 0 unspecified atom stereocenters. The lowest BCUT2D eigenvalue weighted by Crippen LogP contribution is -2.60. The van der Waals surface area contributed by atoms with Crippen LogP contribution in [-0.4, -0.2) is 187 Å². The first-order valence-corrected chi connectivity index (χ1v) is 28.3. The molecule has 1 aliphatic carbocycles. The van der Waals surface area contributed by atoms with Crippen molar-refractivity contribution in [3.8, 4) is 11.1 Å². The van der Waals surface area contributed by atoms with Gasteiger partial charge in [-0.2, -0.15) is 0 Å². The fourth-order valence-corrected chi connectivity index (χ4v) is 12.2. The molecule has 3 aromatic carbocycles. The minimum Gasteiger partial charge on any atom is -0.461 e. The maximum Gasteiger partial charge on any atom is 0.408 e. The van der Waals surface area contributed by atoms with Crippen LogP contribution >= 0.6 is 21.6 Å². The van der Waals surface area contributed by atoms with Gasteiger partial charge in [-0.25, -0.2) is 19.2 Å². The molecule has 3 aliphatic rings. The van der Waals surface area contributed by atoms with Crippen molar-refractivity contribution in [1.82, 2.24) is 40.9 Å². The van der Waals surface area contributed by atoms with Crippen LogP contribution in [0.3, 0.4) is 0 Å². The lowest BCUT2D eigenvalue weighted by atomic mass is 9.98. The molecule has 0 aromatic heterocycles. The van der Waals surface area contributed by atoms with E-state index in [1.54, 1.807) is 58.0 Å². The summed E-state index contributed by atoms with van der Waals surface area (Å²) in [5.41, 5.74) is 4.48. The summed E-state index contributed by atoms with van der Waals surface area (Å²) >= 11 is 0. The second kappa shape index (κ2) is 27.5. The molecular formula is C55H70N8O14S2. The Morgan fingerprint density at radius 2 is 0.962 bits per heavy atom. The van der Waals surface area contributed by atoms with Crippen LogP contribution in [0.25, 0.3) is 11.1 Å². The first-order valence-electron chi connectivity index (χ1n) is 25.9. The number of esters is 2. The van der Waals surface area contributed by atoms with Crippen LogP contribution in [0.2, 0.25) is 0 Å². The summed E-state index contributed by atoms with van der Waals surface area (Å²) in [6.07, 6.45) is -2.10. The van der Waals surface area contributed by atoms with E-state index in [4.69, 9.17) is 18.9 Å². The van der Waals surface area contributed by atoms with Crippen LogP contribution in [0, 0.1) is 11.8 Å². The molecule has 2 saturated heterocycles. The van der Waals surface area contributed by atoms with Gasteiger partial charge in [0, 0.05) is 45.6 Å². The van der Waals surface area contributed by atoms with Crippen molar-refractivity contribution in [3.63, 3.8) is 0 Å². The van der Waals surface area contributed by atoms with E-state index in [0.717, 1.165) is 63.4 Å². The average Bonchev–Trinajstić information content (AvgIpc) is 3.78. The van der Waals surface area contributed by atoms with E-state index in [9.17, 15) is 47.9 Å². The third kappa shape index (κ3) is 14.9. The number of nitrogens with one attached hydrogen (secondary N) is 4. The Morgan fingerprint density at radius 1 is 0.570 bits per heavy atom. The number of fused-ring (bicyclic) bond motifs is 8. The Balaban J connectivity index is 1.33. The molecule has 8 atom stereocenters. The number of cyclic esters (lactones) is 2. The van der Waals surface area contributed by atoms with Gasteiger partial charge in [-0.15, -0.1) is 0 Å². The number of alkyl carbamates (subject to hydrolysis) is 2. The van der Waals surface area contributed by atoms with E-state index < -0.39 is 133 Å². The second-order valence-corrected chi connectivity index (χ2v) is 22.8. The predicted octanol–water partition coefficient (Wildman–Crippen LogP) is 3.31. The number of hydrogen-bond donors (Lipinski definition) is 4. The van der Waals surface area contributed by atoms with Gasteiger partial charge >= 0.3 is 24.1 Å². The molecular weight excluding hydrogens is 1060 g/mol. The van der Waals surface area contributed by atoms with E-state index in [-0.39, 0.29) is 30.6 Å². The number of amides is 8. The summed E-state index contributed by atoms with van der Waals surface area (Å²) in [5, 5.41) is 10.0. The molecule has 6 rings (SSSR count). The zero-order chi connectivity index (χ0) is 57.8. The fourth-order valence-electron chi connectivity index (χ4n) is 9.65. The summed E-state index contributed by atoms with van der Waals surface area (Å²) in [6, 6.07) is 12.7. The maximum atomic E-state index is 14.8. The standard InChI is InChI=1S/C55H70N8O14S2/c1-30(2)44-52(70)74-26-40(58-54(72)76-24-34-18-12-11-13-19-34)46(64)56-32(5)48(66)60(7)42-28-78-79-29-43(50(68)62(44)9)61(8)49(67)33(6)57-47(65)41(27-75-53(71)45(31(3)4)63(10)51(42)69)59-55(73)77-25-39-37-22-16-14-20-35(37)36-21-15-17-23-38(36)39/h11-23,30-33,39-45H,24-29H2,1-10H3,(H,56,64)(H,57,65)(H,58,72)(H,59,73)/t32-,33-,40+,41+,42-,43-,44-,45-/m0/s1. The number of carbonyl (C=O) groups is 10. The highest BCUT2D eigenvalue weighted by molar-refractivity contribution is 8.76. The van der Waals surface area contributed by atoms with Gasteiger partial charge < -0.3 is 59.8 Å². The lowest BCUT2D eigenvalue weighted by Gasteiger charge is -2.37. The highest BCUT2D eigenvalue weighted by Crippen LogP contribution is 2.44. The number of rotatable bonds is 8. The van der Waals surface area contributed by atoms with Gasteiger partial charge in [-0.05, 0) is 53.5 Å². The van der Waals surface area contributed by atoms with Crippen molar-refractivity contribution in [2.24, 2.45) is 11.8 Å². The normalized spacial score (nSPS) is 24.7. The van der Waals surface area contributed by atoms with Gasteiger partial charge in [0.2, 0.25) is 35.4 Å². The zero-order valence-corrected chi connectivity index (χ0v) is 47.6. The summed E-state index contributed by atoms with van der Waals surface area (Å²) in [6.45, 7) is 7.45. The zero-order valence-electron chi connectivity index (χ0n) is 45.9. The number of nitrogens with zero attached hydrogens (tertiary/aromatic N) is 4. The Bertz CT molecular complexity index is 2710. The minimum atomic E-state index is -1.66. The monoisotopic (exact) mass is 1130 g/mol. The molecule has 79 heavy (non-hydrogen) atoms. The molecule has 0 spiro atoms. The Morgan fingerprint density at radius 3 is 1.38 bits per heavy atom. The van der Waals surface area contributed by atoms with E-state index in [1.807, 2.05) is 48.5 Å². The number of hydrogen-bond acceptors (Lipinski definition) is 16. The summed E-state index contributed by atoms with van der Waals surface area (Å²) in [4.78, 5) is 146. The van der Waals surface area contributed by atoms with E-state index in [1.165, 1.54) is 42.0 Å². The van der Waals surface area contributed by atoms with Crippen LogP contribution < -0.4 is 21.3 Å². The molecule has 4 N–H and O–H groups in total. The SMILES string of the molecule is CC(C)[C@H]1C(=O)OC[C@@H](NC(=O)OCC2c3ccccc3-c3ccccc32)C(=O)N[C@@H](C)C(=O)N(C)[C@H]2CSSC[C@@H](C(=O)N1C)N(C)C(=O)[C@H](C)NC(=O)[C@H](NC(=O)OCc1ccccc1)COC(=O)[C@H](C(C)C)N(C)C2=O. The largest absolute Gasteiger partial charge is 0.461 e. The molecule has 2 fully saturated rings. The highest BCUT2D eigenvalue weighted by atomic mass is 33.1. The molecule has 22 nitrogen and oxygen atoms in total. The molecule has 426 valence electrons. The van der Waals surface area contributed by atoms with Gasteiger partial charge in [0.15, 0.2) is 0 Å². The Hall–Kier alpha value is -7.34. The topological polar surface area (TPSA) is 269 Å². The second-order valence-electron chi connectivity index (χ2n) is 20.3. The average molecular weight is 1130 g/mol. The van der Waals surface area contributed by atoms with Crippen LogP contribution in [0.4, 0.5) is 9.59 Å². The highest BCUT2D eigenvalue weighted by Gasteiger charge is 2.43. The van der Waals surface area contributed by atoms with Gasteiger partial charge in [0.05, 0.1) is 0 Å². The summed E-state index contributed by atoms with van der Waals surface area (Å²) in [7, 11) is 7.52. The lowest BCUT2D eigenvalue weighted by molar-refractivity contribution is -0.160. The van der Waals surface area contributed by atoms with Crippen LogP contribution in [0.15, 0.2) is 78.9 Å². The van der Waals surface area contributed by atoms with Crippen molar-refractivity contribution >= 4 is 81.2 Å². The summed E-state index contributed by atoms with van der Waals surface area (Å²) < 4.78 is 22.5. The Labute approximate surface area is 467 Å². The van der Waals surface area contributed by atoms with Crippen molar-refractivity contribution in [3.05, 3.63) is 95.6 Å². The minimum absolute atomic E-state index is 0.126. The van der Waals surface area contributed by atoms with E-state index >= 15 is 0 Å². The predicted molar refractivity (Wildman–Crippen MR) is 293 cm³/mol. The fraction of sp³-hybridized carbons (Fsp3) is 0.491. The number of likely N-dealkylation sites (N-methyl/N-ethyl adjacent to an activating group) is 4. The van der Waals surface area contributed by atoms with Gasteiger partial charge in [-0.3, -0.25) is 28.8 Å². The molecule has 2 heterocycles. The van der Waals surface area contributed by atoms with Crippen LogP contribution in [-0.2, 0) is 63.9 Å². The maximum absolute atomic E-state index is 14.8. The molecule has 0 radical (unpaired) electrons. The quantitative estimate of drug-likeness (QED) is 0.143. The molecule has 3 aromatic rings. The van der Waals surface area contributed by atoms with Gasteiger partial charge in [-0.1, -0.05) is 128 Å². The van der Waals surface area contributed by atoms with Crippen molar-refractivity contribution < 1.29 is 66.9 Å². The first kappa shape index (κ1) is 60.9. The third-order valence-corrected chi connectivity index (χ3v) is 16.4. The van der Waals surface area contributed by atoms with E-state index in [2.05, 4.69) is 21.3 Å². The van der Waals surface area contributed by atoms with Crippen molar-refractivity contribution in [2.75, 3.05) is 59.5 Å². The first-order chi connectivity index (χ1) is 37.5.